The summed E-state index contributed by atoms with van der Waals surface area (Å²) in [5, 5.41) is 4.72. The van der Waals surface area contributed by atoms with Gasteiger partial charge < -0.3 is 10.1 Å². The van der Waals surface area contributed by atoms with Crippen LogP contribution in [-0.2, 0) is 17.6 Å². The van der Waals surface area contributed by atoms with Gasteiger partial charge in [-0.15, -0.1) is 11.3 Å². The van der Waals surface area contributed by atoms with Crippen LogP contribution in [0.25, 0.3) is 10.2 Å². The lowest BCUT2D eigenvalue weighted by Gasteiger charge is -2.32. The van der Waals surface area contributed by atoms with Crippen LogP contribution in [-0.4, -0.2) is 47.7 Å². The molecule has 0 bridgehead atoms. The molecule has 146 valence electrons. The average molecular weight is 459 g/mol. The van der Waals surface area contributed by atoms with Gasteiger partial charge in [0.1, 0.15) is 17.0 Å². The summed E-state index contributed by atoms with van der Waals surface area (Å²) in [7, 11) is 0. The highest BCUT2D eigenvalue weighted by atomic mass is 79.9. The standard InChI is InChI=1S/C21H23BrN4OS/c22-15-2-1-3-16(11-15)25-20-19-17-5-4-14(12-26-6-8-27-9-7-26)10-18(17)28-21(19)24-13-23-20/h1-3,11,13-14H,4-10,12H2,(H,23,24,25). The maximum atomic E-state index is 5.49. The van der Waals surface area contributed by atoms with Gasteiger partial charge >= 0.3 is 0 Å². The number of fused-ring (bicyclic) bond motifs is 3. The summed E-state index contributed by atoms with van der Waals surface area (Å²) >= 11 is 5.39. The summed E-state index contributed by atoms with van der Waals surface area (Å²) < 4.78 is 6.55. The number of anilines is 2. The highest BCUT2D eigenvalue weighted by molar-refractivity contribution is 9.10. The van der Waals surface area contributed by atoms with E-state index in [1.807, 2.05) is 23.5 Å². The summed E-state index contributed by atoms with van der Waals surface area (Å²) in [5.74, 6) is 1.65. The van der Waals surface area contributed by atoms with E-state index in [2.05, 4.69) is 48.2 Å². The Morgan fingerprint density at radius 3 is 3.00 bits per heavy atom. The van der Waals surface area contributed by atoms with Crippen molar-refractivity contribution in [1.29, 1.82) is 0 Å². The van der Waals surface area contributed by atoms with E-state index >= 15 is 0 Å². The van der Waals surface area contributed by atoms with Gasteiger partial charge in [0.2, 0.25) is 0 Å². The normalized spacial score (nSPS) is 20.2. The molecule has 5 nitrogen and oxygen atoms in total. The van der Waals surface area contributed by atoms with E-state index in [-0.39, 0.29) is 0 Å². The summed E-state index contributed by atoms with van der Waals surface area (Å²) in [5.41, 5.74) is 2.49. The van der Waals surface area contributed by atoms with Crippen molar-refractivity contribution in [2.45, 2.75) is 19.3 Å². The van der Waals surface area contributed by atoms with E-state index in [9.17, 15) is 0 Å². The maximum Gasteiger partial charge on any atom is 0.142 e. The molecule has 28 heavy (non-hydrogen) atoms. The highest BCUT2D eigenvalue weighted by Crippen LogP contribution is 2.40. The van der Waals surface area contributed by atoms with E-state index in [4.69, 9.17) is 4.74 Å². The highest BCUT2D eigenvalue weighted by Gasteiger charge is 2.27. The number of aromatic nitrogens is 2. The van der Waals surface area contributed by atoms with Crippen LogP contribution < -0.4 is 5.32 Å². The minimum Gasteiger partial charge on any atom is -0.379 e. The second kappa shape index (κ2) is 8.06. The summed E-state index contributed by atoms with van der Waals surface area (Å²) in [6.07, 6.45) is 5.19. The van der Waals surface area contributed by atoms with E-state index in [0.717, 1.165) is 65.9 Å². The van der Waals surface area contributed by atoms with Gasteiger partial charge in [0.15, 0.2) is 0 Å². The molecule has 0 radical (unpaired) electrons. The second-order valence-corrected chi connectivity index (χ2v) is 9.56. The third-order valence-corrected chi connectivity index (χ3v) is 7.31. The van der Waals surface area contributed by atoms with Crippen molar-refractivity contribution in [2.24, 2.45) is 5.92 Å². The molecule has 1 aliphatic heterocycles. The van der Waals surface area contributed by atoms with Gasteiger partial charge in [-0.1, -0.05) is 22.0 Å². The Bertz CT molecular complexity index is 986. The molecule has 2 aliphatic rings. The van der Waals surface area contributed by atoms with Crippen LogP contribution in [0, 0.1) is 5.92 Å². The van der Waals surface area contributed by atoms with E-state index in [1.165, 1.54) is 28.8 Å². The molecule has 3 heterocycles. The first-order valence-electron chi connectivity index (χ1n) is 9.84. The van der Waals surface area contributed by atoms with Gasteiger partial charge in [0.05, 0.1) is 18.6 Å². The van der Waals surface area contributed by atoms with Crippen molar-refractivity contribution >= 4 is 49.0 Å². The van der Waals surface area contributed by atoms with Gasteiger partial charge in [-0.2, -0.15) is 0 Å². The number of nitrogens with one attached hydrogen (secondary N) is 1. The Kier molecular flexibility index (Phi) is 5.32. The lowest BCUT2D eigenvalue weighted by atomic mass is 9.87. The Hall–Kier alpha value is -1.54. The Balaban J connectivity index is 1.40. The zero-order valence-corrected chi connectivity index (χ0v) is 18.1. The fraction of sp³-hybridized carbons (Fsp3) is 0.429. The molecular weight excluding hydrogens is 436 g/mol. The molecule has 5 rings (SSSR count). The topological polar surface area (TPSA) is 50.3 Å². The molecule has 7 heteroatoms. The molecule has 1 saturated heterocycles. The van der Waals surface area contributed by atoms with E-state index in [0.29, 0.717) is 0 Å². The largest absolute Gasteiger partial charge is 0.379 e. The monoisotopic (exact) mass is 458 g/mol. The minimum atomic E-state index is 0.730. The number of nitrogens with zero attached hydrogens (tertiary/aromatic N) is 3. The van der Waals surface area contributed by atoms with Crippen molar-refractivity contribution < 1.29 is 4.74 Å². The number of hydrogen-bond acceptors (Lipinski definition) is 6. The second-order valence-electron chi connectivity index (χ2n) is 7.56. The predicted molar refractivity (Wildman–Crippen MR) is 118 cm³/mol. The fourth-order valence-electron chi connectivity index (χ4n) is 4.28. The van der Waals surface area contributed by atoms with Gasteiger partial charge in [-0.05, 0) is 48.9 Å². The molecular formula is C21H23BrN4OS. The minimum absolute atomic E-state index is 0.730. The molecule has 1 aliphatic carbocycles. The Labute approximate surface area is 177 Å². The van der Waals surface area contributed by atoms with Crippen LogP contribution in [0.4, 0.5) is 11.5 Å². The quantitative estimate of drug-likeness (QED) is 0.617. The number of rotatable bonds is 4. The van der Waals surface area contributed by atoms with Crippen LogP contribution in [0.5, 0.6) is 0 Å². The number of halogens is 1. The maximum absolute atomic E-state index is 5.49. The fourth-order valence-corrected chi connectivity index (χ4v) is 5.98. The number of benzene rings is 1. The average Bonchev–Trinajstić information content (AvgIpc) is 3.07. The lowest BCUT2D eigenvalue weighted by Crippen LogP contribution is -2.40. The first kappa shape index (κ1) is 18.5. The van der Waals surface area contributed by atoms with Gasteiger partial charge in [-0.25, -0.2) is 9.97 Å². The molecule has 1 aromatic carbocycles. The molecule has 3 aromatic rings. The molecule has 1 fully saturated rings. The summed E-state index contributed by atoms with van der Waals surface area (Å²) in [4.78, 5) is 14.3. The summed E-state index contributed by atoms with van der Waals surface area (Å²) in [6, 6.07) is 8.20. The van der Waals surface area contributed by atoms with Crippen molar-refractivity contribution in [3.63, 3.8) is 0 Å². The number of ether oxygens (including phenoxy) is 1. The molecule has 0 saturated carbocycles. The molecule has 1 atom stereocenters. The lowest BCUT2D eigenvalue weighted by molar-refractivity contribution is 0.0297. The number of morpholine rings is 1. The van der Waals surface area contributed by atoms with Crippen molar-refractivity contribution in [2.75, 3.05) is 38.2 Å². The van der Waals surface area contributed by atoms with Gasteiger partial charge in [0, 0.05) is 34.7 Å². The molecule has 1 N–H and O–H groups in total. The van der Waals surface area contributed by atoms with Crippen molar-refractivity contribution in [3.8, 4) is 0 Å². The number of thiophene rings is 1. The van der Waals surface area contributed by atoms with Crippen LogP contribution in [0.1, 0.15) is 16.9 Å². The number of hydrogen-bond donors (Lipinski definition) is 1. The van der Waals surface area contributed by atoms with Crippen LogP contribution in [0.15, 0.2) is 35.1 Å². The number of aryl methyl sites for hydroxylation is 1. The Morgan fingerprint density at radius 1 is 1.25 bits per heavy atom. The first-order chi connectivity index (χ1) is 13.8. The van der Waals surface area contributed by atoms with Crippen LogP contribution in [0.2, 0.25) is 0 Å². The third kappa shape index (κ3) is 3.81. The SMILES string of the molecule is Brc1cccc(Nc2ncnc3sc4c(c23)CCC(CN2CCOCC2)C4)c1. The zero-order chi connectivity index (χ0) is 18.9. The third-order valence-electron chi connectivity index (χ3n) is 5.65. The zero-order valence-electron chi connectivity index (χ0n) is 15.7. The molecule has 0 amide bonds. The van der Waals surface area contributed by atoms with Crippen LogP contribution >= 0.6 is 27.3 Å². The Morgan fingerprint density at radius 2 is 2.14 bits per heavy atom. The smallest absolute Gasteiger partial charge is 0.142 e. The van der Waals surface area contributed by atoms with Gasteiger partial charge in [0.25, 0.3) is 0 Å². The summed E-state index contributed by atoms with van der Waals surface area (Å²) in [6.45, 7) is 5.08. The molecule has 0 spiro atoms. The van der Waals surface area contributed by atoms with Crippen molar-refractivity contribution in [1.82, 2.24) is 14.9 Å². The van der Waals surface area contributed by atoms with E-state index < -0.39 is 0 Å². The van der Waals surface area contributed by atoms with Crippen molar-refractivity contribution in [3.05, 3.63) is 45.5 Å². The van der Waals surface area contributed by atoms with Crippen LogP contribution in [0.3, 0.4) is 0 Å². The van der Waals surface area contributed by atoms with E-state index in [1.54, 1.807) is 6.33 Å². The first-order valence-corrected chi connectivity index (χ1v) is 11.4. The molecule has 2 aromatic heterocycles. The molecule has 1 unspecified atom stereocenters. The van der Waals surface area contributed by atoms with Gasteiger partial charge in [-0.3, -0.25) is 4.90 Å². The predicted octanol–water partition coefficient (Wildman–Crippen LogP) is 4.63.